The van der Waals surface area contributed by atoms with Gasteiger partial charge in [0.15, 0.2) is 5.82 Å². The number of hydrogen-bond donors (Lipinski definition) is 0. The van der Waals surface area contributed by atoms with Crippen LogP contribution in [0.2, 0.25) is 0 Å². The van der Waals surface area contributed by atoms with Gasteiger partial charge in [-0.05, 0) is 60.3 Å². The lowest BCUT2D eigenvalue weighted by Crippen LogP contribution is -2.18. The number of nitrogens with zero attached hydrogens (tertiary/aromatic N) is 2. The van der Waals surface area contributed by atoms with E-state index in [4.69, 9.17) is 4.74 Å². The van der Waals surface area contributed by atoms with Gasteiger partial charge in [-0.3, -0.25) is 5.01 Å². The lowest BCUT2D eigenvalue weighted by molar-refractivity contribution is 0.340. The molecule has 1 aliphatic heterocycles. The third-order valence-corrected chi connectivity index (χ3v) is 5.41. The maximum atomic E-state index is 14.4. The zero-order valence-electron chi connectivity index (χ0n) is 14.7. The predicted molar refractivity (Wildman–Crippen MR) is 105 cm³/mol. The molecule has 0 amide bonds. The first-order valence-corrected chi connectivity index (χ1v) is 9.62. The Bertz CT molecular complexity index is 955. The largest absolute Gasteiger partial charge is 0.494 e. The summed E-state index contributed by atoms with van der Waals surface area (Å²) in [6.07, 6.45) is 0.644. The zero-order chi connectivity index (χ0) is 18.8. The molecule has 138 valence electrons. The summed E-state index contributed by atoms with van der Waals surface area (Å²) >= 11 is 1.60. The molecule has 27 heavy (non-hydrogen) atoms. The fourth-order valence-corrected chi connectivity index (χ4v) is 4.00. The smallest absolute Gasteiger partial charge is 0.151 e. The van der Waals surface area contributed by atoms with Crippen molar-refractivity contribution in [3.05, 3.63) is 82.1 Å². The first kappa shape index (κ1) is 17.7. The second-order valence-electron chi connectivity index (χ2n) is 6.18. The number of halogens is 2. The molecule has 0 saturated heterocycles. The zero-order valence-corrected chi connectivity index (χ0v) is 15.5. The molecule has 0 fully saturated rings. The van der Waals surface area contributed by atoms with Crippen molar-refractivity contribution in [3.63, 3.8) is 0 Å². The van der Waals surface area contributed by atoms with Crippen LogP contribution in [0.5, 0.6) is 5.75 Å². The van der Waals surface area contributed by atoms with Gasteiger partial charge in [0.1, 0.15) is 11.6 Å². The van der Waals surface area contributed by atoms with Crippen molar-refractivity contribution in [2.45, 2.75) is 19.4 Å². The molecule has 0 aliphatic carbocycles. The van der Waals surface area contributed by atoms with Crippen LogP contribution in [0.3, 0.4) is 0 Å². The Labute approximate surface area is 160 Å². The van der Waals surface area contributed by atoms with Gasteiger partial charge in [-0.2, -0.15) is 5.10 Å². The molecule has 3 aromatic rings. The highest BCUT2D eigenvalue weighted by Crippen LogP contribution is 2.39. The van der Waals surface area contributed by atoms with Crippen molar-refractivity contribution < 1.29 is 13.5 Å². The van der Waals surface area contributed by atoms with Crippen LogP contribution in [0.15, 0.2) is 65.1 Å². The second-order valence-corrected chi connectivity index (χ2v) is 7.16. The fraction of sp³-hybridized carbons (Fsp3) is 0.190. The molecule has 4 rings (SSSR count). The summed E-state index contributed by atoms with van der Waals surface area (Å²) in [4.78, 5) is 1.09. The highest BCUT2D eigenvalue weighted by Gasteiger charge is 2.32. The summed E-state index contributed by atoms with van der Waals surface area (Å²) in [5, 5.41) is 8.33. The molecule has 6 heteroatoms. The number of hydrogen-bond acceptors (Lipinski definition) is 4. The first-order chi connectivity index (χ1) is 13.2. The van der Waals surface area contributed by atoms with Gasteiger partial charge in [0.25, 0.3) is 0 Å². The molecule has 0 spiro atoms. The predicted octanol–water partition coefficient (Wildman–Crippen LogP) is 5.78. The molecule has 1 atom stereocenters. The fourth-order valence-electron chi connectivity index (χ4n) is 3.19. The lowest BCUT2D eigenvalue weighted by Gasteiger charge is -2.23. The normalized spacial score (nSPS) is 16.5. The van der Waals surface area contributed by atoms with Crippen LogP contribution in [0.1, 0.15) is 29.8 Å². The molecule has 0 saturated carbocycles. The third kappa shape index (κ3) is 3.57. The lowest BCUT2D eigenvalue weighted by atomic mass is 10.0. The highest BCUT2D eigenvalue weighted by molar-refractivity contribution is 7.10. The second kappa shape index (κ2) is 7.48. The maximum Gasteiger partial charge on any atom is 0.151 e. The molecule has 0 bridgehead atoms. The summed E-state index contributed by atoms with van der Waals surface area (Å²) in [6, 6.07) is 15.2. The average Bonchev–Trinajstić information content (AvgIpc) is 3.32. The molecule has 1 aromatic heterocycles. The van der Waals surface area contributed by atoms with E-state index >= 15 is 0 Å². The SMILES string of the molecule is CCOc1ccc(C2=NN(c3ccc(F)cc3F)C(c3cccs3)C2)cc1. The molecular formula is C21H18F2N2OS. The van der Waals surface area contributed by atoms with Crippen molar-refractivity contribution in [1.29, 1.82) is 0 Å². The Morgan fingerprint density at radius 2 is 1.96 bits per heavy atom. The number of ether oxygens (including phenoxy) is 1. The van der Waals surface area contributed by atoms with Crippen LogP contribution in [0.4, 0.5) is 14.5 Å². The van der Waals surface area contributed by atoms with Crippen LogP contribution in [0.25, 0.3) is 0 Å². The number of rotatable bonds is 5. The molecule has 2 heterocycles. The summed E-state index contributed by atoms with van der Waals surface area (Å²) < 4.78 is 33.3. The van der Waals surface area contributed by atoms with Gasteiger partial charge in [0.2, 0.25) is 0 Å². The summed E-state index contributed by atoms with van der Waals surface area (Å²) in [5.74, 6) is -0.414. The Hall–Kier alpha value is -2.73. The van der Waals surface area contributed by atoms with Gasteiger partial charge < -0.3 is 4.74 Å². The third-order valence-electron chi connectivity index (χ3n) is 4.44. The molecular weight excluding hydrogens is 366 g/mol. The minimum absolute atomic E-state index is 0.119. The van der Waals surface area contributed by atoms with E-state index in [0.717, 1.165) is 28.0 Å². The van der Waals surface area contributed by atoms with E-state index in [9.17, 15) is 8.78 Å². The van der Waals surface area contributed by atoms with Crippen molar-refractivity contribution >= 4 is 22.7 Å². The van der Waals surface area contributed by atoms with Crippen LogP contribution >= 0.6 is 11.3 Å². The number of benzene rings is 2. The van der Waals surface area contributed by atoms with Gasteiger partial charge in [0, 0.05) is 17.4 Å². The van der Waals surface area contributed by atoms with Gasteiger partial charge in [-0.1, -0.05) is 6.07 Å². The van der Waals surface area contributed by atoms with Gasteiger partial charge in [0.05, 0.1) is 24.0 Å². The van der Waals surface area contributed by atoms with E-state index in [1.807, 2.05) is 48.7 Å². The van der Waals surface area contributed by atoms with Crippen LogP contribution in [0, 0.1) is 11.6 Å². The summed E-state index contributed by atoms with van der Waals surface area (Å²) in [7, 11) is 0. The molecule has 0 N–H and O–H groups in total. The van der Waals surface area contributed by atoms with E-state index < -0.39 is 11.6 Å². The summed E-state index contributed by atoms with van der Waals surface area (Å²) in [6.45, 7) is 2.55. The number of hydrazone groups is 1. The Morgan fingerprint density at radius 1 is 1.15 bits per heavy atom. The highest BCUT2D eigenvalue weighted by atomic mass is 32.1. The van der Waals surface area contributed by atoms with E-state index in [1.165, 1.54) is 12.1 Å². The standard InChI is InChI=1S/C21H18F2N2OS/c1-2-26-16-8-5-14(6-9-16)18-13-20(21-4-3-11-27-21)25(24-18)19-10-7-15(22)12-17(19)23/h3-12,20H,2,13H2,1H3. The maximum absolute atomic E-state index is 14.4. The number of anilines is 1. The van der Waals surface area contributed by atoms with Crippen molar-refractivity contribution in [2.75, 3.05) is 11.6 Å². The van der Waals surface area contributed by atoms with Crippen LogP contribution < -0.4 is 9.75 Å². The van der Waals surface area contributed by atoms with Gasteiger partial charge >= 0.3 is 0 Å². The Morgan fingerprint density at radius 3 is 2.63 bits per heavy atom. The minimum atomic E-state index is -0.617. The molecule has 3 nitrogen and oxygen atoms in total. The van der Waals surface area contributed by atoms with Crippen molar-refractivity contribution in [1.82, 2.24) is 0 Å². The van der Waals surface area contributed by atoms with Gasteiger partial charge in [-0.25, -0.2) is 8.78 Å². The molecule has 1 unspecified atom stereocenters. The van der Waals surface area contributed by atoms with Crippen LogP contribution in [-0.4, -0.2) is 12.3 Å². The van der Waals surface area contributed by atoms with E-state index in [2.05, 4.69) is 5.10 Å². The Balaban J connectivity index is 1.71. The summed E-state index contributed by atoms with van der Waals surface area (Å²) in [5.41, 5.74) is 2.10. The van der Waals surface area contributed by atoms with Crippen molar-refractivity contribution in [2.24, 2.45) is 5.10 Å². The van der Waals surface area contributed by atoms with E-state index in [0.29, 0.717) is 13.0 Å². The average molecular weight is 384 g/mol. The number of thiophene rings is 1. The minimum Gasteiger partial charge on any atom is -0.494 e. The monoisotopic (exact) mass is 384 g/mol. The topological polar surface area (TPSA) is 24.8 Å². The molecule has 2 aromatic carbocycles. The van der Waals surface area contributed by atoms with E-state index in [-0.39, 0.29) is 11.7 Å². The van der Waals surface area contributed by atoms with Crippen LogP contribution in [-0.2, 0) is 0 Å². The van der Waals surface area contributed by atoms with Gasteiger partial charge in [-0.15, -0.1) is 11.3 Å². The first-order valence-electron chi connectivity index (χ1n) is 8.74. The van der Waals surface area contributed by atoms with E-state index in [1.54, 1.807) is 16.3 Å². The van der Waals surface area contributed by atoms with Crippen molar-refractivity contribution in [3.8, 4) is 5.75 Å². The Kier molecular flexibility index (Phi) is 4.90. The molecule has 1 aliphatic rings. The molecule has 0 radical (unpaired) electrons. The quantitative estimate of drug-likeness (QED) is 0.557.